The van der Waals surface area contributed by atoms with E-state index in [2.05, 4.69) is 108 Å². The van der Waals surface area contributed by atoms with Gasteiger partial charge in [0, 0.05) is 53.7 Å². The lowest BCUT2D eigenvalue weighted by molar-refractivity contribution is -0.118. The van der Waals surface area contributed by atoms with Gasteiger partial charge in [0.2, 0.25) is 35.6 Å². The van der Waals surface area contributed by atoms with Crippen LogP contribution >= 0.6 is 45.2 Å². The Bertz CT molecular complexity index is 5310. The second-order valence-electron chi connectivity index (χ2n) is 25.9. The number of carbonyl (C=O) groups excluding carboxylic acids is 6. The summed E-state index contributed by atoms with van der Waals surface area (Å²) in [6.07, 6.45) is 1.69. The molecule has 0 unspecified atom stereocenters. The van der Waals surface area contributed by atoms with E-state index in [0.717, 1.165) is 62.8 Å². The first-order valence-corrected chi connectivity index (χ1v) is 38.1. The summed E-state index contributed by atoms with van der Waals surface area (Å²) in [6.45, 7) is 5.28. The monoisotopic (exact) mass is 1740 g/mol. The van der Waals surface area contributed by atoms with Crippen molar-refractivity contribution in [3.8, 4) is 22.3 Å². The number of nitrogens with zero attached hydrogens (tertiary/aromatic N) is 6. The van der Waals surface area contributed by atoms with E-state index >= 15 is 0 Å². The number of carbonyl (C=O) groups is 6. The van der Waals surface area contributed by atoms with E-state index in [1.54, 1.807) is 124 Å². The highest BCUT2D eigenvalue weighted by molar-refractivity contribution is 14.1. The Balaban J connectivity index is 0.000000196. The van der Waals surface area contributed by atoms with Gasteiger partial charge in [-0.2, -0.15) is 15.3 Å². The number of anilines is 3. The Morgan fingerprint density at radius 1 is 0.298 bits per heavy atom. The topological polar surface area (TPSA) is 405 Å². The summed E-state index contributed by atoms with van der Waals surface area (Å²) < 4.78 is 1.87. The van der Waals surface area contributed by atoms with Gasteiger partial charge < -0.3 is 66.3 Å². The van der Waals surface area contributed by atoms with E-state index in [0.29, 0.717) is 76.6 Å². The number of halogens is 2. The van der Waals surface area contributed by atoms with Crippen LogP contribution in [-0.4, -0.2) is 88.6 Å². The normalized spacial score (nSPS) is 11.8. The molecule has 0 aliphatic carbocycles. The molecule has 24 nitrogen and oxygen atoms in total. The predicted molar refractivity (Wildman–Crippen MR) is 474 cm³/mol. The van der Waals surface area contributed by atoms with Crippen molar-refractivity contribution in [2.45, 2.75) is 64.6 Å². The largest absolute Gasteiger partial charge is 0.369 e. The Labute approximate surface area is 688 Å². The highest BCUT2D eigenvalue weighted by atomic mass is 127. The van der Waals surface area contributed by atoms with E-state index < -0.39 is 18.1 Å². The van der Waals surface area contributed by atoms with Gasteiger partial charge in [-0.25, -0.2) is 0 Å². The molecule has 0 aromatic heterocycles. The summed E-state index contributed by atoms with van der Waals surface area (Å²) >= 11 is 4.31. The molecule has 3 atom stereocenters. The van der Waals surface area contributed by atoms with Crippen molar-refractivity contribution >= 4 is 133 Å². The number of nitrogens with two attached hydrogens (primary N) is 6. The van der Waals surface area contributed by atoms with Gasteiger partial charge in [0.25, 0.3) is 17.7 Å². The first kappa shape index (κ1) is 84.5. The van der Waals surface area contributed by atoms with Crippen LogP contribution in [0, 0.1) is 7.14 Å². The molecule has 0 aliphatic heterocycles. The maximum Gasteiger partial charge on any atom is 0.251 e. The van der Waals surface area contributed by atoms with Crippen LogP contribution in [0.4, 0.5) is 17.1 Å². The Morgan fingerprint density at radius 2 is 0.588 bits per heavy atom. The number of amides is 6. The molecule has 0 spiro atoms. The van der Waals surface area contributed by atoms with Crippen molar-refractivity contribution in [3.05, 3.63) is 348 Å². The standard InChI is InChI=1S/C31H29IN6O2.C31H30N6O2.C26H27IN6O2/c1-20(37-38-31(33)34)24-9-6-12-27(19-24)35-30(40)28(36-29(39)25-10-5-11-26(32)18-25)17-21-13-15-23(16-14-21)22-7-3-2-4-8-22;1-21(36-37-31(32)33)26-13-8-14-27(20-26)34-30(39)28(35-29(38)25-11-6-3-7-12-25)19-22-15-17-24(18-16-22)23-9-4-2-5-10-23;1-17(32-33-26(28)29)19-9-6-12-22(16-19)30-25(35)23(14-13-18-7-3-2-4-8-18)31-24(34)20-10-5-11-21(27)15-20/h2-16,18-19,28H,17H2,1H3,(H,35,40)(H,36,39)(H4,33,34,38);2-18,20,28H,19H2,1H3,(H,34,39)(H,35,38)(H4,32,33,37);2-12,15-16,23H,13-14H2,1H3,(H,30,35)(H,31,34)(H4,28,29,33)/b37-20+;36-21+;32-17+/t2*28-;23-/m000/s1. The first-order chi connectivity index (χ1) is 55.0. The molecule has 26 heteroatoms. The summed E-state index contributed by atoms with van der Waals surface area (Å²) in [7, 11) is 0. The quantitative estimate of drug-likeness (QED) is 0.00989. The van der Waals surface area contributed by atoms with Gasteiger partial charge in [0.1, 0.15) is 18.1 Å². The Hall–Kier alpha value is -13.5. The van der Waals surface area contributed by atoms with Gasteiger partial charge in [0.05, 0.1) is 17.1 Å². The highest BCUT2D eigenvalue weighted by Crippen LogP contribution is 2.24. The summed E-state index contributed by atoms with van der Waals surface area (Å²) in [5.41, 5.74) is 46.5. The molecule has 18 N–H and O–H groups in total. The lowest BCUT2D eigenvalue weighted by Gasteiger charge is -2.19. The van der Waals surface area contributed by atoms with Crippen molar-refractivity contribution in [2.24, 2.45) is 65.0 Å². The second kappa shape index (κ2) is 43.2. The van der Waals surface area contributed by atoms with Gasteiger partial charge >= 0.3 is 0 Å². The molecular weight excluding hydrogens is 1660 g/mol. The summed E-state index contributed by atoms with van der Waals surface area (Å²) in [5.74, 6) is -2.39. The third kappa shape index (κ3) is 27.5. The summed E-state index contributed by atoms with van der Waals surface area (Å²) in [6, 6.07) is 88.3. The van der Waals surface area contributed by atoms with E-state index in [-0.39, 0.29) is 53.3 Å². The van der Waals surface area contributed by atoms with Crippen LogP contribution in [0.2, 0.25) is 0 Å². The first-order valence-electron chi connectivity index (χ1n) is 35.9. The molecule has 11 aromatic carbocycles. The van der Waals surface area contributed by atoms with E-state index in [1.165, 1.54) is 0 Å². The minimum atomic E-state index is -0.826. The molecule has 0 heterocycles. The molecule has 114 heavy (non-hydrogen) atoms. The number of benzene rings is 11. The molecule has 578 valence electrons. The zero-order valence-corrected chi connectivity index (χ0v) is 66.9. The smallest absolute Gasteiger partial charge is 0.251 e. The average molecular weight is 1750 g/mol. The molecule has 6 amide bonds. The van der Waals surface area contributed by atoms with Crippen LogP contribution in [0.5, 0.6) is 0 Å². The fourth-order valence-electron chi connectivity index (χ4n) is 11.3. The van der Waals surface area contributed by atoms with Crippen LogP contribution in [0.3, 0.4) is 0 Å². The van der Waals surface area contributed by atoms with Crippen LogP contribution in [0.25, 0.3) is 22.3 Å². The van der Waals surface area contributed by atoms with Crippen molar-refractivity contribution in [2.75, 3.05) is 16.0 Å². The van der Waals surface area contributed by atoms with Crippen LogP contribution in [-0.2, 0) is 33.6 Å². The number of hydrogen-bond donors (Lipinski definition) is 12. The zero-order chi connectivity index (χ0) is 81.3. The van der Waals surface area contributed by atoms with Gasteiger partial charge in [-0.05, 0) is 219 Å². The summed E-state index contributed by atoms with van der Waals surface area (Å²) in [4.78, 5) is 79.2. The van der Waals surface area contributed by atoms with E-state index in [9.17, 15) is 28.8 Å². The van der Waals surface area contributed by atoms with E-state index in [1.807, 2.05) is 188 Å². The van der Waals surface area contributed by atoms with Crippen LogP contribution in [0.15, 0.2) is 322 Å². The molecular formula is C88H86I2N18O6. The number of rotatable bonds is 27. The third-order valence-corrected chi connectivity index (χ3v) is 18.6. The maximum absolute atomic E-state index is 13.5. The lowest BCUT2D eigenvalue weighted by Crippen LogP contribution is -2.45. The third-order valence-electron chi connectivity index (χ3n) is 17.2. The minimum Gasteiger partial charge on any atom is -0.369 e. The van der Waals surface area contributed by atoms with Gasteiger partial charge in [-0.1, -0.05) is 206 Å². The van der Waals surface area contributed by atoms with Gasteiger partial charge in [-0.3, -0.25) is 28.8 Å². The minimum absolute atomic E-state index is 0.140. The maximum atomic E-state index is 13.5. The van der Waals surface area contributed by atoms with Crippen molar-refractivity contribution in [1.29, 1.82) is 0 Å². The number of hydrogen-bond acceptors (Lipinski definition) is 12. The highest BCUT2D eigenvalue weighted by Gasteiger charge is 2.26. The Kier molecular flexibility index (Phi) is 32.0. The van der Waals surface area contributed by atoms with Crippen molar-refractivity contribution < 1.29 is 28.8 Å². The fourth-order valence-corrected chi connectivity index (χ4v) is 12.4. The molecule has 0 radical (unpaired) electrons. The molecule has 0 aliphatic rings. The number of guanidine groups is 3. The molecule has 0 bridgehead atoms. The lowest BCUT2D eigenvalue weighted by atomic mass is 10.00. The summed E-state index contributed by atoms with van der Waals surface area (Å²) in [5, 5.41) is 40.5. The number of nitrogens with one attached hydrogen (secondary N) is 6. The van der Waals surface area contributed by atoms with Crippen LogP contribution in [0.1, 0.15) is 91.6 Å². The molecule has 0 saturated carbocycles. The van der Waals surface area contributed by atoms with E-state index in [4.69, 9.17) is 34.4 Å². The predicted octanol–water partition coefficient (Wildman–Crippen LogP) is 12.9. The SMILES string of the molecule is C/C(=N\N=C(N)N)c1cccc(NC(=O)[C@H](CCc2ccccc2)NC(=O)c2cccc(I)c2)c1.C/C(=N\N=C(N)N)c1cccc(NC(=O)[C@H](Cc2ccc(-c3ccccc3)cc2)NC(=O)c2cccc(I)c2)c1.C/C(=N\N=C(N)N)c1cccc(NC(=O)[C@H](Cc2ccc(-c3ccccc3)cc2)NC(=O)c2ccccc2)c1. The van der Waals surface area contributed by atoms with Gasteiger partial charge in [0.15, 0.2) is 0 Å². The number of aryl methyl sites for hydroxylation is 1. The van der Waals surface area contributed by atoms with Crippen molar-refractivity contribution in [3.63, 3.8) is 0 Å². The second-order valence-corrected chi connectivity index (χ2v) is 28.4. The van der Waals surface area contributed by atoms with Gasteiger partial charge in [-0.15, -0.1) is 15.3 Å². The molecule has 11 aromatic rings. The molecule has 0 saturated heterocycles. The molecule has 11 rings (SSSR count). The average Bonchev–Trinajstić information content (AvgIpc) is 0.846. The fraction of sp³-hybridized carbons (Fsp3) is 0.114. The Morgan fingerprint density at radius 3 is 0.939 bits per heavy atom. The van der Waals surface area contributed by atoms with Crippen molar-refractivity contribution in [1.82, 2.24) is 16.0 Å². The van der Waals surface area contributed by atoms with Crippen LogP contribution < -0.4 is 66.3 Å². The molecule has 0 fully saturated rings. The zero-order valence-electron chi connectivity index (χ0n) is 62.6.